The van der Waals surface area contributed by atoms with E-state index in [2.05, 4.69) is 21.0 Å². The van der Waals surface area contributed by atoms with Crippen LogP contribution >= 0.6 is 15.9 Å². The van der Waals surface area contributed by atoms with Crippen LogP contribution in [-0.4, -0.2) is 15.6 Å². The van der Waals surface area contributed by atoms with Crippen LogP contribution in [-0.2, 0) is 31.1 Å². The molecule has 0 unspecified atom stereocenters. The molecular formula is C15H15BrF2N2O. The minimum atomic E-state index is -0.935. The van der Waals surface area contributed by atoms with Crippen molar-refractivity contribution in [2.45, 2.75) is 26.2 Å². The molecule has 0 N–H and O–H groups in total. The first-order valence-corrected chi connectivity index (χ1v) is 7.37. The predicted octanol–water partition coefficient (Wildman–Crippen LogP) is 3.38. The highest BCUT2D eigenvalue weighted by atomic mass is 79.9. The molecule has 2 rings (SSSR count). The van der Waals surface area contributed by atoms with Gasteiger partial charge in [0.05, 0.1) is 15.9 Å². The van der Waals surface area contributed by atoms with Crippen LogP contribution in [0.2, 0.25) is 0 Å². The Morgan fingerprint density at radius 1 is 1.29 bits per heavy atom. The van der Waals surface area contributed by atoms with Gasteiger partial charge in [-0.1, -0.05) is 13.0 Å². The van der Waals surface area contributed by atoms with Crippen molar-refractivity contribution >= 4 is 21.7 Å². The molecule has 0 saturated heterocycles. The molecular weight excluding hydrogens is 342 g/mol. The van der Waals surface area contributed by atoms with E-state index in [1.54, 1.807) is 11.7 Å². The molecule has 0 atom stereocenters. The quantitative estimate of drug-likeness (QED) is 0.822. The second-order valence-corrected chi connectivity index (χ2v) is 5.62. The van der Waals surface area contributed by atoms with Crippen molar-refractivity contribution in [1.82, 2.24) is 9.78 Å². The van der Waals surface area contributed by atoms with Gasteiger partial charge >= 0.3 is 0 Å². The van der Waals surface area contributed by atoms with E-state index in [0.717, 1.165) is 34.4 Å². The van der Waals surface area contributed by atoms with Gasteiger partial charge in [0.1, 0.15) is 5.78 Å². The number of aromatic nitrogens is 2. The van der Waals surface area contributed by atoms with Gasteiger partial charge in [0.15, 0.2) is 11.6 Å². The van der Waals surface area contributed by atoms with Crippen molar-refractivity contribution in [3.05, 3.63) is 51.3 Å². The fourth-order valence-corrected chi connectivity index (χ4v) is 2.89. The maximum atomic E-state index is 13.1. The van der Waals surface area contributed by atoms with Crippen LogP contribution in [0.4, 0.5) is 8.78 Å². The summed E-state index contributed by atoms with van der Waals surface area (Å²) in [5.41, 5.74) is 2.15. The van der Waals surface area contributed by atoms with Crippen LogP contribution in [0.5, 0.6) is 0 Å². The van der Waals surface area contributed by atoms with E-state index in [0.29, 0.717) is 5.56 Å². The number of hydrogen-bond donors (Lipinski definition) is 0. The topological polar surface area (TPSA) is 34.9 Å². The fraction of sp³-hybridized carbons (Fsp3) is 0.333. The molecule has 21 heavy (non-hydrogen) atoms. The molecule has 112 valence electrons. The van der Waals surface area contributed by atoms with Crippen LogP contribution in [0.15, 0.2) is 22.7 Å². The molecule has 0 saturated carbocycles. The molecule has 0 aliphatic heterocycles. The molecule has 0 bridgehead atoms. The van der Waals surface area contributed by atoms with E-state index >= 15 is 0 Å². The lowest BCUT2D eigenvalue weighted by atomic mass is 10.1. The Balaban J connectivity index is 2.11. The Morgan fingerprint density at radius 3 is 2.57 bits per heavy atom. The van der Waals surface area contributed by atoms with Crippen LogP contribution in [0.3, 0.4) is 0 Å². The molecule has 6 heteroatoms. The lowest BCUT2D eigenvalue weighted by molar-refractivity contribution is -0.117. The molecule has 1 aromatic heterocycles. The molecule has 0 spiro atoms. The lowest BCUT2D eigenvalue weighted by Crippen LogP contribution is -2.10. The van der Waals surface area contributed by atoms with Gasteiger partial charge in [-0.05, 0) is 40.0 Å². The summed E-state index contributed by atoms with van der Waals surface area (Å²) in [6.45, 7) is 1.99. The molecule has 1 heterocycles. The number of Topliss-reactive ketones (excluding diaryl/α,β-unsaturated/α-hetero) is 1. The van der Waals surface area contributed by atoms with Crippen molar-refractivity contribution < 1.29 is 13.6 Å². The summed E-state index contributed by atoms with van der Waals surface area (Å²) in [6, 6.07) is 3.52. The number of aryl methyl sites for hydroxylation is 2. The van der Waals surface area contributed by atoms with Crippen molar-refractivity contribution in [1.29, 1.82) is 0 Å². The minimum absolute atomic E-state index is 0.0658. The number of carbonyl (C=O) groups is 1. The van der Waals surface area contributed by atoms with Gasteiger partial charge in [0.2, 0.25) is 0 Å². The molecule has 0 fully saturated rings. The number of rotatable bonds is 5. The summed E-state index contributed by atoms with van der Waals surface area (Å²) in [6.07, 6.45) is 1.03. The number of ketones is 1. The van der Waals surface area contributed by atoms with Crippen LogP contribution in [0, 0.1) is 11.6 Å². The van der Waals surface area contributed by atoms with Crippen LogP contribution in [0.25, 0.3) is 0 Å². The van der Waals surface area contributed by atoms with Gasteiger partial charge in [-0.25, -0.2) is 8.78 Å². The Labute approximate surface area is 130 Å². The highest BCUT2D eigenvalue weighted by Crippen LogP contribution is 2.22. The Hall–Kier alpha value is -1.56. The maximum absolute atomic E-state index is 13.1. The fourth-order valence-electron chi connectivity index (χ4n) is 2.14. The molecule has 0 radical (unpaired) electrons. The highest BCUT2D eigenvalue weighted by molar-refractivity contribution is 9.10. The molecule has 2 aromatic rings. The SMILES string of the molecule is CCc1nn(C)c(CC(=O)Cc2ccc(F)c(F)c2)c1Br. The third kappa shape index (κ3) is 3.56. The van der Waals surface area contributed by atoms with Crippen molar-refractivity contribution in [3.63, 3.8) is 0 Å². The monoisotopic (exact) mass is 356 g/mol. The second-order valence-electron chi connectivity index (χ2n) is 4.83. The predicted molar refractivity (Wildman–Crippen MR) is 79.1 cm³/mol. The smallest absolute Gasteiger partial charge is 0.159 e. The van der Waals surface area contributed by atoms with Gasteiger partial charge in [-0.2, -0.15) is 5.10 Å². The zero-order chi connectivity index (χ0) is 15.6. The van der Waals surface area contributed by atoms with E-state index in [1.165, 1.54) is 6.07 Å². The van der Waals surface area contributed by atoms with E-state index in [4.69, 9.17) is 0 Å². The number of hydrogen-bond acceptors (Lipinski definition) is 2. The summed E-state index contributed by atoms with van der Waals surface area (Å²) in [7, 11) is 1.78. The van der Waals surface area contributed by atoms with Crippen LogP contribution < -0.4 is 0 Å². The van der Waals surface area contributed by atoms with E-state index < -0.39 is 11.6 Å². The number of carbonyl (C=O) groups excluding carboxylic acids is 1. The highest BCUT2D eigenvalue weighted by Gasteiger charge is 2.16. The number of benzene rings is 1. The standard InChI is InChI=1S/C15H15BrF2N2O/c1-3-13-15(16)14(20(2)19-13)8-10(21)6-9-4-5-11(17)12(18)7-9/h4-5,7H,3,6,8H2,1-2H3. The molecule has 0 aliphatic rings. The van der Waals surface area contributed by atoms with Crippen molar-refractivity contribution in [2.75, 3.05) is 0 Å². The van der Waals surface area contributed by atoms with Crippen LogP contribution in [0.1, 0.15) is 23.9 Å². The molecule has 3 nitrogen and oxygen atoms in total. The third-order valence-electron chi connectivity index (χ3n) is 3.25. The van der Waals surface area contributed by atoms with Gasteiger partial charge in [-0.3, -0.25) is 9.48 Å². The average molecular weight is 357 g/mol. The lowest BCUT2D eigenvalue weighted by Gasteiger charge is -2.04. The Morgan fingerprint density at radius 2 is 2.00 bits per heavy atom. The summed E-state index contributed by atoms with van der Waals surface area (Å²) in [5.74, 6) is -1.92. The first kappa shape index (κ1) is 15.8. The average Bonchev–Trinajstić information content (AvgIpc) is 2.70. The first-order valence-electron chi connectivity index (χ1n) is 6.58. The summed E-state index contributed by atoms with van der Waals surface area (Å²) >= 11 is 3.45. The number of nitrogens with zero attached hydrogens (tertiary/aromatic N) is 2. The zero-order valence-corrected chi connectivity index (χ0v) is 13.4. The van der Waals surface area contributed by atoms with E-state index in [-0.39, 0.29) is 18.6 Å². The normalized spacial score (nSPS) is 10.9. The van der Waals surface area contributed by atoms with E-state index in [1.807, 2.05) is 6.92 Å². The summed E-state index contributed by atoms with van der Waals surface area (Å²) in [4.78, 5) is 12.1. The Kier molecular flexibility index (Phi) is 4.88. The summed E-state index contributed by atoms with van der Waals surface area (Å²) in [5, 5.41) is 4.32. The largest absolute Gasteiger partial charge is 0.299 e. The Bertz CT molecular complexity index is 683. The molecule has 0 amide bonds. The van der Waals surface area contributed by atoms with Crippen molar-refractivity contribution in [3.8, 4) is 0 Å². The number of halogens is 3. The first-order chi connectivity index (χ1) is 9.92. The second kappa shape index (κ2) is 6.47. The van der Waals surface area contributed by atoms with Gasteiger partial charge in [0, 0.05) is 19.9 Å². The third-order valence-corrected chi connectivity index (χ3v) is 4.17. The minimum Gasteiger partial charge on any atom is -0.299 e. The van der Waals surface area contributed by atoms with Gasteiger partial charge in [0.25, 0.3) is 0 Å². The van der Waals surface area contributed by atoms with Crippen molar-refractivity contribution in [2.24, 2.45) is 7.05 Å². The summed E-state index contributed by atoms with van der Waals surface area (Å²) < 4.78 is 28.5. The molecule has 1 aromatic carbocycles. The zero-order valence-electron chi connectivity index (χ0n) is 11.8. The van der Waals surface area contributed by atoms with E-state index in [9.17, 15) is 13.6 Å². The maximum Gasteiger partial charge on any atom is 0.159 e. The van der Waals surface area contributed by atoms with Gasteiger partial charge in [-0.15, -0.1) is 0 Å². The van der Waals surface area contributed by atoms with Gasteiger partial charge < -0.3 is 0 Å². The molecule has 0 aliphatic carbocycles.